The molecule has 60 valence electrons. The maximum Gasteiger partial charge on any atom is 0.193 e. The molecule has 0 aromatic carbocycles. The number of hydrogen-bond donors (Lipinski definition) is 0. The molecular weight excluding hydrogens is 160 g/mol. The van der Waals surface area contributed by atoms with Crippen LogP contribution in [0, 0.1) is 0 Å². The lowest BCUT2D eigenvalue weighted by molar-refractivity contribution is -0.109. The number of hydrogen-bond acceptors (Lipinski definition) is 3. The highest BCUT2D eigenvalue weighted by Crippen LogP contribution is 2.15. The third-order valence-electron chi connectivity index (χ3n) is 1.25. The highest BCUT2D eigenvalue weighted by atomic mass is 32.2. The minimum Gasteiger partial charge on any atom is -0.326 e. The average Bonchev–Trinajstić information content (AvgIpc) is 2.34. The Hall–Kier alpha value is -0.770. The minimum absolute atomic E-state index is 0.0749. The quantitative estimate of drug-likeness (QED) is 0.631. The van der Waals surface area contributed by atoms with Gasteiger partial charge < -0.3 is 4.57 Å². The standard InChI is InChI=1S/C7H10N2OS/c1-3-9-5-4-8-7(9)11-6(2)10/h4-5H,3H2,1-2H3. The van der Waals surface area contributed by atoms with Crippen molar-refractivity contribution in [2.45, 2.75) is 25.5 Å². The highest BCUT2D eigenvalue weighted by molar-refractivity contribution is 8.13. The van der Waals surface area contributed by atoms with E-state index in [1.165, 1.54) is 11.8 Å². The van der Waals surface area contributed by atoms with Gasteiger partial charge in [-0.05, 0) is 18.7 Å². The normalized spacial score (nSPS) is 10.0. The molecule has 0 bridgehead atoms. The topological polar surface area (TPSA) is 34.9 Å². The average molecular weight is 170 g/mol. The zero-order chi connectivity index (χ0) is 8.27. The van der Waals surface area contributed by atoms with E-state index in [2.05, 4.69) is 4.98 Å². The molecule has 4 heteroatoms. The molecular formula is C7H10N2OS. The molecule has 1 aromatic rings. The van der Waals surface area contributed by atoms with E-state index in [1.807, 2.05) is 17.7 Å². The lowest BCUT2D eigenvalue weighted by Crippen LogP contribution is -1.96. The van der Waals surface area contributed by atoms with Crippen LogP contribution in [0.4, 0.5) is 0 Å². The predicted octanol–water partition coefficient (Wildman–Crippen LogP) is 1.54. The summed E-state index contributed by atoms with van der Waals surface area (Å²) in [5.41, 5.74) is 0. The van der Waals surface area contributed by atoms with Crippen molar-refractivity contribution >= 4 is 16.9 Å². The number of nitrogens with zero attached hydrogens (tertiary/aromatic N) is 2. The fraction of sp³-hybridized carbons (Fsp3) is 0.429. The van der Waals surface area contributed by atoms with Crippen molar-refractivity contribution in [2.75, 3.05) is 0 Å². The minimum atomic E-state index is 0.0749. The van der Waals surface area contributed by atoms with E-state index in [0.29, 0.717) is 0 Å². The van der Waals surface area contributed by atoms with E-state index in [0.717, 1.165) is 11.7 Å². The van der Waals surface area contributed by atoms with Gasteiger partial charge in [-0.15, -0.1) is 0 Å². The molecule has 1 heterocycles. The van der Waals surface area contributed by atoms with Gasteiger partial charge in [0.15, 0.2) is 10.3 Å². The third kappa shape index (κ3) is 2.08. The zero-order valence-corrected chi connectivity index (χ0v) is 7.39. The molecule has 0 N–H and O–H groups in total. The van der Waals surface area contributed by atoms with Crippen molar-refractivity contribution in [2.24, 2.45) is 0 Å². The monoisotopic (exact) mass is 170 g/mol. The maximum atomic E-state index is 10.7. The van der Waals surface area contributed by atoms with E-state index in [4.69, 9.17) is 0 Å². The summed E-state index contributed by atoms with van der Waals surface area (Å²) in [5, 5.41) is 0.853. The molecule has 0 spiro atoms. The molecule has 0 unspecified atom stereocenters. The Kier molecular flexibility index (Phi) is 2.70. The Morgan fingerprint density at radius 3 is 3.09 bits per heavy atom. The summed E-state index contributed by atoms with van der Waals surface area (Å²) in [7, 11) is 0. The molecule has 0 fully saturated rings. The molecule has 0 aliphatic rings. The fourth-order valence-corrected chi connectivity index (χ4v) is 1.45. The van der Waals surface area contributed by atoms with Crippen LogP contribution in [0.5, 0.6) is 0 Å². The number of rotatable bonds is 2. The van der Waals surface area contributed by atoms with Crippen LogP contribution >= 0.6 is 11.8 Å². The van der Waals surface area contributed by atoms with Crippen molar-refractivity contribution in [3.05, 3.63) is 12.4 Å². The molecule has 0 saturated carbocycles. The fourth-order valence-electron chi connectivity index (χ4n) is 0.770. The first-order valence-electron chi connectivity index (χ1n) is 3.43. The summed E-state index contributed by atoms with van der Waals surface area (Å²) in [5.74, 6) is 0. The van der Waals surface area contributed by atoms with Gasteiger partial charge in [-0.25, -0.2) is 4.98 Å². The smallest absolute Gasteiger partial charge is 0.193 e. The summed E-state index contributed by atoms with van der Waals surface area (Å²) >= 11 is 1.17. The van der Waals surface area contributed by atoms with E-state index >= 15 is 0 Å². The molecule has 0 atom stereocenters. The number of carbonyl (C=O) groups excluding carboxylic acids is 1. The van der Waals surface area contributed by atoms with Crippen LogP contribution in [0.1, 0.15) is 13.8 Å². The maximum absolute atomic E-state index is 10.7. The van der Waals surface area contributed by atoms with Crippen LogP contribution in [-0.2, 0) is 11.3 Å². The van der Waals surface area contributed by atoms with Crippen molar-refractivity contribution in [3.63, 3.8) is 0 Å². The van der Waals surface area contributed by atoms with Crippen LogP contribution in [-0.4, -0.2) is 14.7 Å². The van der Waals surface area contributed by atoms with Crippen molar-refractivity contribution in [1.29, 1.82) is 0 Å². The van der Waals surface area contributed by atoms with Crippen LogP contribution in [0.15, 0.2) is 17.6 Å². The lowest BCUT2D eigenvalue weighted by atomic mass is 10.7. The van der Waals surface area contributed by atoms with Gasteiger partial charge in [0.05, 0.1) is 0 Å². The summed E-state index contributed by atoms with van der Waals surface area (Å²) in [6.45, 7) is 4.42. The van der Waals surface area contributed by atoms with Crippen molar-refractivity contribution in [3.8, 4) is 0 Å². The molecule has 0 saturated heterocycles. The Morgan fingerprint density at radius 2 is 2.55 bits per heavy atom. The number of aromatic nitrogens is 2. The van der Waals surface area contributed by atoms with Gasteiger partial charge in [-0.2, -0.15) is 0 Å². The second-order valence-electron chi connectivity index (χ2n) is 2.09. The van der Waals surface area contributed by atoms with Crippen LogP contribution in [0.25, 0.3) is 0 Å². The summed E-state index contributed by atoms with van der Waals surface area (Å²) in [6, 6.07) is 0. The Morgan fingerprint density at radius 1 is 1.82 bits per heavy atom. The van der Waals surface area contributed by atoms with Crippen LogP contribution in [0.2, 0.25) is 0 Å². The highest BCUT2D eigenvalue weighted by Gasteiger charge is 2.03. The summed E-state index contributed by atoms with van der Waals surface area (Å²) in [6.07, 6.45) is 3.57. The van der Waals surface area contributed by atoms with Gasteiger partial charge in [-0.3, -0.25) is 4.79 Å². The largest absolute Gasteiger partial charge is 0.326 e. The first-order valence-corrected chi connectivity index (χ1v) is 4.25. The molecule has 0 radical (unpaired) electrons. The number of imidazole rings is 1. The number of carbonyl (C=O) groups is 1. The van der Waals surface area contributed by atoms with E-state index < -0.39 is 0 Å². The van der Waals surface area contributed by atoms with Crippen molar-refractivity contribution in [1.82, 2.24) is 9.55 Å². The van der Waals surface area contributed by atoms with Crippen LogP contribution in [0.3, 0.4) is 0 Å². The van der Waals surface area contributed by atoms with Gasteiger partial charge in [0.25, 0.3) is 0 Å². The lowest BCUT2D eigenvalue weighted by Gasteiger charge is -1.99. The van der Waals surface area contributed by atoms with E-state index in [9.17, 15) is 4.79 Å². The summed E-state index contributed by atoms with van der Waals surface area (Å²) < 4.78 is 1.94. The summed E-state index contributed by atoms with van der Waals surface area (Å²) in [4.78, 5) is 14.7. The van der Waals surface area contributed by atoms with Gasteiger partial charge in [0, 0.05) is 25.9 Å². The second kappa shape index (κ2) is 3.57. The van der Waals surface area contributed by atoms with Crippen molar-refractivity contribution < 1.29 is 4.79 Å². The molecule has 0 aliphatic heterocycles. The third-order valence-corrected chi connectivity index (χ3v) is 2.06. The Bertz CT molecular complexity index is 257. The molecule has 3 nitrogen and oxygen atoms in total. The SMILES string of the molecule is CCn1ccnc1SC(C)=O. The Balaban J connectivity index is 2.76. The second-order valence-corrected chi connectivity index (χ2v) is 3.23. The van der Waals surface area contributed by atoms with Gasteiger partial charge in [-0.1, -0.05) is 0 Å². The first-order chi connectivity index (χ1) is 5.24. The molecule has 0 amide bonds. The first kappa shape index (κ1) is 8.33. The van der Waals surface area contributed by atoms with Gasteiger partial charge >= 0.3 is 0 Å². The van der Waals surface area contributed by atoms with Gasteiger partial charge in [0.2, 0.25) is 0 Å². The molecule has 0 aliphatic carbocycles. The Labute approximate surface area is 69.8 Å². The van der Waals surface area contributed by atoms with E-state index in [-0.39, 0.29) is 5.12 Å². The number of thioether (sulfide) groups is 1. The van der Waals surface area contributed by atoms with Crippen LogP contribution < -0.4 is 0 Å². The number of aryl methyl sites for hydroxylation is 1. The zero-order valence-electron chi connectivity index (χ0n) is 6.57. The predicted molar refractivity (Wildman–Crippen MR) is 44.4 cm³/mol. The van der Waals surface area contributed by atoms with Gasteiger partial charge in [0.1, 0.15) is 0 Å². The molecule has 1 aromatic heterocycles. The molecule has 1 rings (SSSR count). The molecule has 11 heavy (non-hydrogen) atoms. The van der Waals surface area contributed by atoms with E-state index in [1.54, 1.807) is 13.1 Å².